The molecule has 0 unspecified atom stereocenters. The van der Waals surface area contributed by atoms with Crippen molar-refractivity contribution in [2.24, 2.45) is 11.3 Å². The van der Waals surface area contributed by atoms with Crippen molar-refractivity contribution in [2.75, 3.05) is 7.11 Å². The number of methoxy groups -OCH3 is 1. The van der Waals surface area contributed by atoms with E-state index in [0.29, 0.717) is 5.92 Å². The average Bonchev–Trinajstić information content (AvgIpc) is 3.16. The number of benzene rings is 1. The van der Waals surface area contributed by atoms with Gasteiger partial charge in [-0.3, -0.25) is 4.98 Å². The Morgan fingerprint density at radius 1 is 1.13 bits per heavy atom. The van der Waals surface area contributed by atoms with Gasteiger partial charge in [0.25, 0.3) is 0 Å². The van der Waals surface area contributed by atoms with E-state index in [-0.39, 0.29) is 11.5 Å². The molecule has 0 amide bonds. The number of ether oxygens (including phenoxy) is 1. The molecule has 2 aromatic heterocycles. The van der Waals surface area contributed by atoms with Crippen molar-refractivity contribution < 1.29 is 4.74 Å². The number of hydrogen-bond acceptors (Lipinski definition) is 3. The first-order valence-electron chi connectivity index (χ1n) is 10.9. The van der Waals surface area contributed by atoms with Crippen molar-refractivity contribution in [2.45, 2.75) is 45.6 Å². The van der Waals surface area contributed by atoms with Gasteiger partial charge in [-0.1, -0.05) is 30.2 Å². The molecule has 0 bridgehead atoms. The summed E-state index contributed by atoms with van der Waals surface area (Å²) in [5.41, 5.74) is 7.81. The zero-order valence-electron chi connectivity index (χ0n) is 18.0. The molecule has 5 rings (SSSR count). The fourth-order valence-electron chi connectivity index (χ4n) is 5.54. The monoisotopic (exact) mass is 399 g/mol. The molecule has 0 saturated heterocycles. The molecule has 2 aliphatic carbocycles. The van der Waals surface area contributed by atoms with E-state index in [1.807, 2.05) is 19.5 Å². The Morgan fingerprint density at radius 3 is 2.63 bits per heavy atom. The van der Waals surface area contributed by atoms with Gasteiger partial charge in [-0.15, -0.1) is 0 Å². The predicted molar refractivity (Wildman–Crippen MR) is 119 cm³/mol. The quantitative estimate of drug-likeness (QED) is 0.564. The van der Waals surface area contributed by atoms with E-state index in [1.165, 1.54) is 40.8 Å². The molecule has 2 heterocycles. The summed E-state index contributed by atoms with van der Waals surface area (Å²) >= 11 is 0. The lowest BCUT2D eigenvalue weighted by atomic mass is 9.57. The number of hydrogen-bond donors (Lipinski definition) is 0. The van der Waals surface area contributed by atoms with Crippen LogP contribution < -0.4 is 0 Å². The Labute approximate surface area is 178 Å². The maximum atomic E-state index is 6.09. The normalized spacial score (nSPS) is 24.0. The van der Waals surface area contributed by atoms with Crippen LogP contribution in [0.2, 0.25) is 0 Å². The second-order valence-electron chi connectivity index (χ2n) is 9.00. The predicted octanol–water partition coefficient (Wildman–Crippen LogP) is 5.71. The van der Waals surface area contributed by atoms with E-state index in [2.05, 4.69) is 72.2 Å². The van der Waals surface area contributed by atoms with E-state index in [4.69, 9.17) is 9.84 Å². The molecule has 0 radical (unpaired) electrons. The van der Waals surface area contributed by atoms with E-state index in [9.17, 15) is 0 Å². The van der Waals surface area contributed by atoms with Gasteiger partial charge >= 0.3 is 0 Å². The Morgan fingerprint density at radius 2 is 1.90 bits per heavy atom. The van der Waals surface area contributed by atoms with Gasteiger partial charge in [-0.05, 0) is 85.4 Å². The summed E-state index contributed by atoms with van der Waals surface area (Å²) in [7, 11) is 1.84. The summed E-state index contributed by atoms with van der Waals surface area (Å²) < 4.78 is 8.19. The highest BCUT2D eigenvalue weighted by Crippen LogP contribution is 2.55. The summed E-state index contributed by atoms with van der Waals surface area (Å²) in [5, 5.41) is 4.77. The van der Waals surface area contributed by atoms with Gasteiger partial charge in [0.1, 0.15) is 0 Å². The van der Waals surface area contributed by atoms with Crippen molar-refractivity contribution in [3.8, 4) is 5.69 Å². The van der Waals surface area contributed by atoms with Crippen LogP contribution in [-0.4, -0.2) is 21.9 Å². The van der Waals surface area contributed by atoms with Crippen LogP contribution in [-0.2, 0) is 11.2 Å². The lowest BCUT2D eigenvalue weighted by Crippen LogP contribution is -2.40. The Kier molecular flexibility index (Phi) is 4.82. The average molecular weight is 400 g/mol. The van der Waals surface area contributed by atoms with E-state index < -0.39 is 0 Å². The lowest BCUT2D eigenvalue weighted by Gasteiger charge is -2.48. The van der Waals surface area contributed by atoms with Crippen LogP contribution in [0.25, 0.3) is 11.8 Å². The molecule has 2 aliphatic rings. The third-order valence-electron chi connectivity index (χ3n) is 7.20. The van der Waals surface area contributed by atoms with Crippen LogP contribution in [0, 0.1) is 18.3 Å². The van der Waals surface area contributed by atoms with Crippen molar-refractivity contribution in [3.63, 3.8) is 0 Å². The maximum Gasteiger partial charge on any atom is 0.0858 e. The Balaban J connectivity index is 1.54. The third-order valence-corrected chi connectivity index (χ3v) is 7.20. The van der Waals surface area contributed by atoms with Crippen LogP contribution >= 0.6 is 0 Å². The van der Waals surface area contributed by atoms with Gasteiger partial charge in [0, 0.05) is 19.5 Å². The van der Waals surface area contributed by atoms with Gasteiger partial charge in [0.2, 0.25) is 0 Å². The minimum Gasteiger partial charge on any atom is -0.376 e. The van der Waals surface area contributed by atoms with Crippen molar-refractivity contribution in [1.29, 1.82) is 0 Å². The highest BCUT2D eigenvalue weighted by atomic mass is 16.5. The molecule has 0 N–H and O–H groups in total. The summed E-state index contributed by atoms with van der Waals surface area (Å²) in [5.74, 6) is 0.431. The molecule has 4 nitrogen and oxygen atoms in total. The van der Waals surface area contributed by atoms with E-state index in [1.54, 1.807) is 0 Å². The van der Waals surface area contributed by atoms with Gasteiger partial charge in [0.15, 0.2) is 0 Å². The molecule has 0 aliphatic heterocycles. The van der Waals surface area contributed by atoms with Crippen LogP contribution in [0.4, 0.5) is 0 Å². The molecule has 154 valence electrons. The number of aryl methyl sites for hydroxylation is 1. The van der Waals surface area contributed by atoms with E-state index in [0.717, 1.165) is 18.5 Å². The largest absolute Gasteiger partial charge is 0.376 e. The number of allylic oxidation sites excluding steroid dienone is 1. The molecule has 4 heteroatoms. The number of nitrogens with zero attached hydrogens (tertiary/aromatic N) is 3. The molecular formula is C26H29N3O. The topological polar surface area (TPSA) is 39.9 Å². The highest BCUT2D eigenvalue weighted by molar-refractivity contribution is 5.61. The Bertz CT molecular complexity index is 1070. The van der Waals surface area contributed by atoms with Crippen LogP contribution in [0.5, 0.6) is 0 Å². The van der Waals surface area contributed by atoms with Crippen LogP contribution in [0.15, 0.2) is 60.6 Å². The zero-order valence-corrected chi connectivity index (χ0v) is 18.0. The fraction of sp³-hybridized carbons (Fsp3) is 0.385. The second-order valence-corrected chi connectivity index (χ2v) is 9.00. The first-order chi connectivity index (χ1) is 14.6. The molecular weight excluding hydrogens is 370 g/mol. The van der Waals surface area contributed by atoms with Crippen LogP contribution in [0.3, 0.4) is 0 Å². The molecule has 1 fully saturated rings. The molecule has 1 saturated carbocycles. The molecule has 3 atom stereocenters. The zero-order chi connectivity index (χ0) is 20.7. The van der Waals surface area contributed by atoms with Gasteiger partial charge in [-0.2, -0.15) is 5.10 Å². The van der Waals surface area contributed by atoms with Crippen molar-refractivity contribution >= 4 is 6.08 Å². The summed E-state index contributed by atoms with van der Waals surface area (Å²) in [6.45, 7) is 4.55. The molecule has 30 heavy (non-hydrogen) atoms. The summed E-state index contributed by atoms with van der Waals surface area (Å²) in [6, 6.07) is 12.8. The first kappa shape index (κ1) is 19.3. The maximum absolute atomic E-state index is 6.09. The number of fused-ring (bicyclic) bond motifs is 2. The Hall–Kier alpha value is -2.72. The second kappa shape index (κ2) is 7.51. The van der Waals surface area contributed by atoms with Gasteiger partial charge in [0.05, 0.1) is 23.7 Å². The minimum atomic E-state index is 0.0791. The smallest absolute Gasteiger partial charge is 0.0858 e. The minimum absolute atomic E-state index is 0.0791. The number of pyridine rings is 1. The summed E-state index contributed by atoms with van der Waals surface area (Å²) in [4.78, 5) is 4.19. The van der Waals surface area contributed by atoms with Crippen LogP contribution in [0.1, 0.15) is 54.7 Å². The third kappa shape index (κ3) is 3.10. The molecule has 1 aromatic carbocycles. The van der Waals surface area contributed by atoms with Gasteiger partial charge in [-0.25, -0.2) is 4.68 Å². The number of aromatic nitrogens is 3. The highest BCUT2D eigenvalue weighted by Gasteiger charge is 2.47. The van der Waals surface area contributed by atoms with Crippen molar-refractivity contribution in [1.82, 2.24) is 14.8 Å². The standard InChI is InChI=1S/C26H29N3O/c1-18-7-9-22(10-8-18)29-24-15-21-5-4-6-23(26(21,2)16-20(24)17-28-29)25(30-3)19-11-13-27-14-12-19/h7-15,17,23,25H,4-6,16H2,1-3H3/t23-,25+,26+/m1/s1. The molecule has 0 spiro atoms. The number of rotatable bonds is 4. The summed E-state index contributed by atoms with van der Waals surface area (Å²) in [6.07, 6.45) is 12.8. The SMILES string of the molecule is CO[C@@H](c1ccncc1)[C@H]1CCCC2=Cc3c(cnn3-c3ccc(C)cc3)C[C@@]21C. The van der Waals surface area contributed by atoms with Gasteiger partial charge < -0.3 is 4.74 Å². The first-order valence-corrected chi connectivity index (χ1v) is 10.9. The fourth-order valence-corrected chi connectivity index (χ4v) is 5.54. The lowest BCUT2D eigenvalue weighted by molar-refractivity contribution is -0.0115. The van der Waals surface area contributed by atoms with E-state index >= 15 is 0 Å². The molecule has 3 aromatic rings. The van der Waals surface area contributed by atoms with Crippen molar-refractivity contribution in [3.05, 3.63) is 82.9 Å².